The molecule has 0 saturated heterocycles. The average molecular weight is 520 g/mol. The number of unbranched alkanes of at least 4 members (excludes halogenated alkanes) is 3. The van der Waals surface area contributed by atoms with Crippen molar-refractivity contribution in [3.63, 3.8) is 0 Å². The van der Waals surface area contributed by atoms with E-state index in [0.29, 0.717) is 46.2 Å². The van der Waals surface area contributed by atoms with Crippen molar-refractivity contribution in [3.05, 3.63) is 74.6 Å². The third-order valence-electron chi connectivity index (χ3n) is 6.50. The van der Waals surface area contributed by atoms with Crippen molar-refractivity contribution in [2.24, 2.45) is 0 Å². The lowest BCUT2D eigenvalue weighted by atomic mass is 9.98. The van der Waals surface area contributed by atoms with Crippen molar-refractivity contribution in [1.82, 2.24) is 10.2 Å². The molecule has 1 aliphatic heterocycles. The average Bonchev–Trinajstić information content (AvgIpc) is 3.51. The number of aryl methyl sites for hydroxylation is 1. The molecule has 0 bridgehead atoms. The van der Waals surface area contributed by atoms with Gasteiger partial charge in [0.05, 0.1) is 30.7 Å². The van der Waals surface area contributed by atoms with Gasteiger partial charge >= 0.3 is 0 Å². The largest absolute Gasteiger partial charge is 0.493 e. The number of methoxy groups -OCH3 is 1. The number of rotatable bonds is 10. The van der Waals surface area contributed by atoms with Crippen molar-refractivity contribution in [2.45, 2.75) is 52.0 Å². The quantitative estimate of drug-likeness (QED) is 0.240. The Morgan fingerprint density at radius 2 is 1.86 bits per heavy atom. The monoisotopic (exact) mass is 519 g/mol. The molecule has 8 nitrogen and oxygen atoms in total. The molecule has 1 unspecified atom stereocenters. The fourth-order valence-corrected chi connectivity index (χ4v) is 5.41. The lowest BCUT2D eigenvalue weighted by Gasteiger charge is -2.23. The summed E-state index contributed by atoms with van der Waals surface area (Å²) >= 11 is 1.33. The molecule has 0 aliphatic carbocycles. The summed E-state index contributed by atoms with van der Waals surface area (Å²) in [5.74, 6) is 0.758. The fraction of sp³-hybridized carbons (Fsp3) is 0.357. The zero-order valence-corrected chi connectivity index (χ0v) is 22.0. The molecule has 37 heavy (non-hydrogen) atoms. The lowest BCUT2D eigenvalue weighted by Crippen LogP contribution is -2.29. The Labute approximate surface area is 218 Å². The van der Waals surface area contributed by atoms with Gasteiger partial charge in [-0.2, -0.15) is 0 Å². The molecule has 192 valence electrons. The number of para-hydroxylation sites is 1. The molecule has 5 rings (SSSR count). The number of carbonyl (C=O) groups excluding carboxylic acids is 1. The molecule has 0 saturated carbocycles. The molecule has 4 aromatic rings. The third kappa shape index (κ3) is 4.59. The van der Waals surface area contributed by atoms with Gasteiger partial charge in [0.1, 0.15) is 10.6 Å². The summed E-state index contributed by atoms with van der Waals surface area (Å²) in [6, 6.07) is 11.7. The molecule has 0 fully saturated rings. The highest BCUT2D eigenvalue weighted by atomic mass is 32.1. The van der Waals surface area contributed by atoms with Crippen molar-refractivity contribution in [2.75, 3.05) is 18.6 Å². The Kier molecular flexibility index (Phi) is 7.23. The number of amides is 1. The first-order valence-corrected chi connectivity index (χ1v) is 13.4. The molecule has 1 atom stereocenters. The van der Waals surface area contributed by atoms with Crippen molar-refractivity contribution in [1.29, 1.82) is 0 Å². The maximum atomic E-state index is 13.7. The Balaban J connectivity index is 1.60. The molecule has 3 heterocycles. The van der Waals surface area contributed by atoms with E-state index in [1.54, 1.807) is 31.4 Å². The molecule has 2 aromatic heterocycles. The van der Waals surface area contributed by atoms with Gasteiger partial charge in [0.15, 0.2) is 16.9 Å². The van der Waals surface area contributed by atoms with Crippen molar-refractivity contribution < 1.29 is 18.7 Å². The van der Waals surface area contributed by atoms with Gasteiger partial charge in [0.2, 0.25) is 10.9 Å². The van der Waals surface area contributed by atoms with E-state index in [1.807, 2.05) is 25.1 Å². The zero-order chi connectivity index (χ0) is 25.9. The molecular weight excluding hydrogens is 490 g/mol. The van der Waals surface area contributed by atoms with Gasteiger partial charge < -0.3 is 13.9 Å². The second-order valence-corrected chi connectivity index (χ2v) is 9.94. The summed E-state index contributed by atoms with van der Waals surface area (Å²) in [5, 5.41) is 10.1. The Hall–Kier alpha value is -3.72. The molecular formula is C28H29N3O5S. The van der Waals surface area contributed by atoms with Gasteiger partial charge in [-0.15, -0.1) is 10.2 Å². The molecule has 0 N–H and O–H groups in total. The van der Waals surface area contributed by atoms with Gasteiger partial charge in [-0.1, -0.05) is 62.6 Å². The molecule has 2 aromatic carbocycles. The SMILES string of the molecule is CCCCCCOc1ccc(C2c3c(oc4ccccc4c3=O)C(=O)N2c2nnc(CC)s2)cc1OC. The number of aromatic nitrogens is 2. The predicted molar refractivity (Wildman–Crippen MR) is 143 cm³/mol. The Morgan fingerprint density at radius 1 is 1.03 bits per heavy atom. The van der Waals surface area contributed by atoms with E-state index >= 15 is 0 Å². The van der Waals surface area contributed by atoms with Gasteiger partial charge in [-0.25, -0.2) is 0 Å². The van der Waals surface area contributed by atoms with Crippen LogP contribution in [-0.2, 0) is 6.42 Å². The van der Waals surface area contributed by atoms with E-state index < -0.39 is 11.9 Å². The minimum absolute atomic E-state index is 0.0252. The minimum atomic E-state index is -0.742. The number of anilines is 1. The second-order valence-electron chi connectivity index (χ2n) is 8.90. The maximum absolute atomic E-state index is 13.7. The first-order valence-electron chi connectivity index (χ1n) is 12.6. The maximum Gasteiger partial charge on any atom is 0.297 e. The predicted octanol–water partition coefficient (Wildman–Crippen LogP) is 5.92. The minimum Gasteiger partial charge on any atom is -0.493 e. The second kappa shape index (κ2) is 10.7. The van der Waals surface area contributed by atoms with Crippen LogP contribution in [0.1, 0.15) is 72.3 Å². The fourth-order valence-electron chi connectivity index (χ4n) is 4.60. The van der Waals surface area contributed by atoms with Crippen LogP contribution in [0.15, 0.2) is 51.7 Å². The van der Waals surface area contributed by atoms with Crippen LogP contribution < -0.4 is 19.8 Å². The summed E-state index contributed by atoms with van der Waals surface area (Å²) in [6.07, 6.45) is 5.09. The smallest absolute Gasteiger partial charge is 0.297 e. The van der Waals surface area contributed by atoms with E-state index in [9.17, 15) is 9.59 Å². The standard InChI is InChI=1S/C28H29N3O5S/c1-4-6-7-10-15-35-20-14-13-17(16-21(20)34-3)24-23-25(32)18-11-8-9-12-19(18)36-26(23)27(33)31(24)28-30-29-22(5-2)37-28/h8-9,11-14,16,24H,4-7,10,15H2,1-3H3. The number of fused-ring (bicyclic) bond motifs is 2. The van der Waals surface area contributed by atoms with Crippen LogP contribution in [0.3, 0.4) is 0 Å². The highest BCUT2D eigenvalue weighted by molar-refractivity contribution is 7.15. The van der Waals surface area contributed by atoms with E-state index in [2.05, 4.69) is 17.1 Å². The summed E-state index contributed by atoms with van der Waals surface area (Å²) < 4.78 is 17.6. The van der Waals surface area contributed by atoms with Gasteiger partial charge in [-0.05, 0) is 42.7 Å². The third-order valence-corrected chi connectivity index (χ3v) is 7.57. The summed E-state index contributed by atoms with van der Waals surface area (Å²) in [6.45, 7) is 4.74. The number of nitrogens with zero attached hydrogens (tertiary/aromatic N) is 3. The van der Waals surface area contributed by atoms with Crippen LogP contribution in [-0.4, -0.2) is 29.8 Å². The normalized spacial score (nSPS) is 14.8. The highest BCUT2D eigenvalue weighted by Crippen LogP contribution is 2.44. The van der Waals surface area contributed by atoms with Crippen LogP contribution in [0, 0.1) is 0 Å². The van der Waals surface area contributed by atoms with Crippen LogP contribution in [0.4, 0.5) is 5.13 Å². The van der Waals surface area contributed by atoms with Crippen LogP contribution in [0.5, 0.6) is 11.5 Å². The number of benzene rings is 2. The highest BCUT2D eigenvalue weighted by Gasteiger charge is 2.45. The first kappa shape index (κ1) is 25.0. The topological polar surface area (TPSA) is 94.8 Å². The molecule has 1 amide bonds. The van der Waals surface area contributed by atoms with E-state index in [4.69, 9.17) is 13.9 Å². The first-order chi connectivity index (χ1) is 18.1. The Bertz CT molecular complexity index is 1490. The lowest BCUT2D eigenvalue weighted by molar-refractivity contribution is 0.0970. The van der Waals surface area contributed by atoms with E-state index in [0.717, 1.165) is 24.3 Å². The van der Waals surface area contributed by atoms with E-state index in [-0.39, 0.29) is 16.8 Å². The molecule has 0 spiro atoms. The molecule has 0 radical (unpaired) electrons. The summed E-state index contributed by atoms with van der Waals surface area (Å²) in [5.41, 5.74) is 1.11. The number of hydrogen-bond acceptors (Lipinski definition) is 8. The Morgan fingerprint density at radius 3 is 2.62 bits per heavy atom. The number of ether oxygens (including phenoxy) is 2. The zero-order valence-electron chi connectivity index (χ0n) is 21.2. The van der Waals surface area contributed by atoms with Crippen molar-refractivity contribution >= 4 is 33.3 Å². The van der Waals surface area contributed by atoms with Gasteiger partial charge in [0, 0.05) is 0 Å². The van der Waals surface area contributed by atoms with Gasteiger partial charge in [0.25, 0.3) is 5.91 Å². The van der Waals surface area contributed by atoms with E-state index in [1.165, 1.54) is 22.7 Å². The van der Waals surface area contributed by atoms with Crippen molar-refractivity contribution in [3.8, 4) is 11.5 Å². The molecule has 9 heteroatoms. The summed E-state index contributed by atoms with van der Waals surface area (Å²) in [7, 11) is 1.58. The number of carbonyl (C=O) groups is 1. The van der Waals surface area contributed by atoms with Crippen LogP contribution in [0.25, 0.3) is 11.0 Å². The molecule has 1 aliphatic rings. The van der Waals surface area contributed by atoms with Gasteiger partial charge in [-0.3, -0.25) is 14.5 Å². The van der Waals surface area contributed by atoms with Crippen LogP contribution >= 0.6 is 11.3 Å². The number of hydrogen-bond donors (Lipinski definition) is 0. The summed E-state index contributed by atoms with van der Waals surface area (Å²) in [4.78, 5) is 28.9. The van der Waals surface area contributed by atoms with Crippen LogP contribution in [0.2, 0.25) is 0 Å².